The van der Waals surface area contributed by atoms with Crippen LogP contribution in [0.4, 0.5) is 0 Å². The van der Waals surface area contributed by atoms with Crippen LogP contribution in [0.3, 0.4) is 0 Å². The molecular formula is C14H16N2O3. The molecule has 1 aromatic carbocycles. The summed E-state index contributed by atoms with van der Waals surface area (Å²) in [5.74, 6) is -0.0638. The molecule has 100 valence electrons. The first kappa shape index (κ1) is 13.5. The van der Waals surface area contributed by atoms with E-state index in [4.69, 9.17) is 14.7 Å². The Morgan fingerprint density at radius 3 is 2.16 bits per heavy atom. The summed E-state index contributed by atoms with van der Waals surface area (Å²) in [6.45, 7) is 1.04. The molecule has 1 amide bonds. The second kappa shape index (κ2) is 5.83. The van der Waals surface area contributed by atoms with Crippen LogP contribution in [-0.2, 0) is 9.47 Å². The first-order valence-corrected chi connectivity index (χ1v) is 6.04. The molecular weight excluding hydrogens is 244 g/mol. The van der Waals surface area contributed by atoms with Crippen LogP contribution in [0, 0.1) is 11.3 Å². The summed E-state index contributed by atoms with van der Waals surface area (Å²) in [6, 6.07) is 8.66. The predicted octanol–water partition coefficient (Wildman–Crippen LogP) is 1.04. The van der Waals surface area contributed by atoms with E-state index in [0.717, 1.165) is 0 Å². The highest BCUT2D eigenvalue weighted by molar-refractivity contribution is 5.94. The highest BCUT2D eigenvalue weighted by Gasteiger charge is 2.35. The molecule has 2 atom stereocenters. The quantitative estimate of drug-likeness (QED) is 0.814. The maximum absolute atomic E-state index is 12.3. The summed E-state index contributed by atoms with van der Waals surface area (Å²) in [4.78, 5) is 14.0. The minimum absolute atomic E-state index is 0.0638. The number of benzene rings is 1. The monoisotopic (exact) mass is 260 g/mol. The number of nitriles is 1. The van der Waals surface area contributed by atoms with Gasteiger partial charge < -0.3 is 14.4 Å². The molecule has 19 heavy (non-hydrogen) atoms. The summed E-state index contributed by atoms with van der Waals surface area (Å²) >= 11 is 0. The van der Waals surface area contributed by atoms with Crippen LogP contribution in [-0.4, -0.2) is 50.3 Å². The van der Waals surface area contributed by atoms with Crippen molar-refractivity contribution in [2.45, 2.75) is 12.2 Å². The molecule has 0 aliphatic carbocycles. The number of methoxy groups -OCH3 is 2. The van der Waals surface area contributed by atoms with Gasteiger partial charge in [-0.15, -0.1) is 0 Å². The minimum atomic E-state index is -0.0904. The molecule has 2 rings (SSSR count). The SMILES string of the molecule is COC1CN(C(=O)c2ccc(C#N)cc2)CC1OC. The van der Waals surface area contributed by atoms with Crippen LogP contribution in [0.2, 0.25) is 0 Å². The van der Waals surface area contributed by atoms with Crippen LogP contribution in [0.15, 0.2) is 24.3 Å². The van der Waals surface area contributed by atoms with E-state index in [9.17, 15) is 4.79 Å². The Labute approximate surface area is 112 Å². The van der Waals surface area contributed by atoms with Crippen molar-refractivity contribution in [1.82, 2.24) is 4.90 Å². The maximum Gasteiger partial charge on any atom is 0.254 e. The molecule has 1 aliphatic rings. The minimum Gasteiger partial charge on any atom is -0.377 e. The van der Waals surface area contributed by atoms with Gasteiger partial charge in [0, 0.05) is 32.9 Å². The molecule has 1 aliphatic heterocycles. The molecule has 1 heterocycles. The first-order chi connectivity index (χ1) is 9.19. The summed E-state index contributed by atoms with van der Waals surface area (Å²) in [5, 5.41) is 8.73. The number of nitrogens with zero attached hydrogens (tertiary/aromatic N) is 2. The number of carbonyl (C=O) groups excluding carboxylic acids is 1. The van der Waals surface area contributed by atoms with Gasteiger partial charge in [-0.1, -0.05) is 0 Å². The molecule has 2 unspecified atom stereocenters. The molecule has 5 nitrogen and oxygen atoms in total. The van der Waals surface area contributed by atoms with Gasteiger partial charge in [0.25, 0.3) is 5.91 Å². The van der Waals surface area contributed by atoms with Crippen molar-refractivity contribution in [1.29, 1.82) is 5.26 Å². The average molecular weight is 260 g/mol. The number of hydrogen-bond donors (Lipinski definition) is 0. The summed E-state index contributed by atoms with van der Waals surface area (Å²) < 4.78 is 10.6. The summed E-state index contributed by atoms with van der Waals surface area (Å²) in [7, 11) is 3.23. The van der Waals surface area contributed by atoms with Gasteiger partial charge in [0.15, 0.2) is 0 Å². The predicted molar refractivity (Wildman–Crippen MR) is 68.7 cm³/mol. The third-order valence-corrected chi connectivity index (χ3v) is 3.37. The molecule has 0 aromatic heterocycles. The van der Waals surface area contributed by atoms with Crippen molar-refractivity contribution in [3.63, 3.8) is 0 Å². The summed E-state index contributed by atoms with van der Waals surface area (Å²) in [6.07, 6.45) is -0.181. The largest absolute Gasteiger partial charge is 0.377 e. The van der Waals surface area contributed by atoms with Crippen molar-refractivity contribution < 1.29 is 14.3 Å². The number of ether oxygens (including phenoxy) is 2. The van der Waals surface area contributed by atoms with Crippen molar-refractivity contribution in [2.75, 3.05) is 27.3 Å². The standard InChI is InChI=1S/C14H16N2O3/c1-18-12-8-16(9-13(12)19-2)14(17)11-5-3-10(7-15)4-6-11/h3-6,12-13H,8-9H2,1-2H3. The lowest BCUT2D eigenvalue weighted by atomic mass is 10.1. The van der Waals surface area contributed by atoms with Gasteiger partial charge in [0.1, 0.15) is 12.2 Å². The van der Waals surface area contributed by atoms with Crippen LogP contribution in [0.1, 0.15) is 15.9 Å². The fraction of sp³-hybridized carbons (Fsp3) is 0.429. The summed E-state index contributed by atoms with van der Waals surface area (Å²) in [5.41, 5.74) is 1.12. The van der Waals surface area contributed by atoms with E-state index in [-0.39, 0.29) is 18.1 Å². The molecule has 5 heteroatoms. The smallest absolute Gasteiger partial charge is 0.254 e. The maximum atomic E-state index is 12.3. The topological polar surface area (TPSA) is 62.6 Å². The lowest BCUT2D eigenvalue weighted by molar-refractivity contribution is -0.00461. The molecule has 0 N–H and O–H groups in total. The Hall–Kier alpha value is -1.90. The molecule has 0 bridgehead atoms. The fourth-order valence-electron chi connectivity index (χ4n) is 2.23. The van der Waals surface area contributed by atoms with E-state index >= 15 is 0 Å². The van der Waals surface area contributed by atoms with Crippen molar-refractivity contribution >= 4 is 5.91 Å². The van der Waals surface area contributed by atoms with E-state index in [1.807, 2.05) is 6.07 Å². The lowest BCUT2D eigenvalue weighted by Gasteiger charge is -2.15. The van der Waals surface area contributed by atoms with E-state index in [2.05, 4.69) is 0 Å². The zero-order valence-corrected chi connectivity index (χ0v) is 11.0. The lowest BCUT2D eigenvalue weighted by Crippen LogP contribution is -2.30. The highest BCUT2D eigenvalue weighted by Crippen LogP contribution is 2.18. The third-order valence-electron chi connectivity index (χ3n) is 3.37. The average Bonchev–Trinajstić information content (AvgIpc) is 2.89. The molecule has 1 aromatic rings. The Morgan fingerprint density at radius 1 is 1.21 bits per heavy atom. The Morgan fingerprint density at radius 2 is 1.74 bits per heavy atom. The van der Waals surface area contributed by atoms with Crippen LogP contribution in [0.25, 0.3) is 0 Å². The number of rotatable bonds is 3. The van der Waals surface area contributed by atoms with Gasteiger partial charge in [-0.05, 0) is 24.3 Å². The second-order valence-corrected chi connectivity index (χ2v) is 4.45. The van der Waals surface area contributed by atoms with Gasteiger partial charge in [-0.25, -0.2) is 0 Å². The fourth-order valence-corrected chi connectivity index (χ4v) is 2.23. The number of likely N-dealkylation sites (tertiary alicyclic amines) is 1. The van der Waals surface area contributed by atoms with Gasteiger partial charge in [-0.3, -0.25) is 4.79 Å². The van der Waals surface area contributed by atoms with Crippen LogP contribution < -0.4 is 0 Å². The zero-order chi connectivity index (χ0) is 13.8. The van der Waals surface area contributed by atoms with Crippen molar-refractivity contribution in [2.24, 2.45) is 0 Å². The van der Waals surface area contributed by atoms with E-state index in [0.29, 0.717) is 24.2 Å². The number of carbonyl (C=O) groups is 1. The van der Waals surface area contributed by atoms with Gasteiger partial charge in [0.2, 0.25) is 0 Å². The Bertz CT molecular complexity index is 480. The Balaban J connectivity index is 2.10. The van der Waals surface area contributed by atoms with E-state index in [1.54, 1.807) is 43.4 Å². The molecule has 0 spiro atoms. The first-order valence-electron chi connectivity index (χ1n) is 6.04. The molecule has 1 fully saturated rings. The highest BCUT2D eigenvalue weighted by atomic mass is 16.5. The van der Waals surface area contributed by atoms with E-state index < -0.39 is 0 Å². The zero-order valence-electron chi connectivity index (χ0n) is 11.0. The second-order valence-electron chi connectivity index (χ2n) is 4.45. The van der Waals surface area contributed by atoms with Crippen molar-refractivity contribution in [3.8, 4) is 6.07 Å². The van der Waals surface area contributed by atoms with Crippen molar-refractivity contribution in [3.05, 3.63) is 35.4 Å². The number of hydrogen-bond acceptors (Lipinski definition) is 4. The molecule has 0 saturated carbocycles. The Kier molecular flexibility index (Phi) is 4.15. The van der Waals surface area contributed by atoms with E-state index in [1.165, 1.54) is 0 Å². The molecule has 1 saturated heterocycles. The van der Waals surface area contributed by atoms with Gasteiger partial charge in [-0.2, -0.15) is 5.26 Å². The van der Waals surface area contributed by atoms with Gasteiger partial charge in [0.05, 0.1) is 11.6 Å². The normalized spacial score (nSPS) is 22.3. The third kappa shape index (κ3) is 2.75. The van der Waals surface area contributed by atoms with Crippen LogP contribution >= 0.6 is 0 Å². The van der Waals surface area contributed by atoms with Gasteiger partial charge >= 0.3 is 0 Å². The van der Waals surface area contributed by atoms with Crippen LogP contribution in [0.5, 0.6) is 0 Å². The molecule has 0 radical (unpaired) electrons. The number of amides is 1.